The molecule has 1 aromatic carbocycles. The lowest BCUT2D eigenvalue weighted by atomic mass is 10.2. The Bertz CT molecular complexity index is 982. The molecule has 2 N–H and O–H groups in total. The van der Waals surface area contributed by atoms with Crippen molar-refractivity contribution in [2.24, 2.45) is 0 Å². The Kier molecular flexibility index (Phi) is 5.70. The van der Waals surface area contributed by atoms with E-state index >= 15 is 0 Å². The Morgan fingerprint density at radius 3 is 2.77 bits per heavy atom. The van der Waals surface area contributed by atoms with Crippen LogP contribution in [0.2, 0.25) is 5.02 Å². The molecule has 1 amide bonds. The summed E-state index contributed by atoms with van der Waals surface area (Å²) < 4.78 is 0. The predicted octanol–water partition coefficient (Wildman–Crippen LogP) is 2.84. The summed E-state index contributed by atoms with van der Waals surface area (Å²) in [6, 6.07) is 8.95. The lowest BCUT2D eigenvalue weighted by molar-refractivity contribution is 0.0777. The van der Waals surface area contributed by atoms with Crippen LogP contribution in [0.25, 0.3) is 10.2 Å². The van der Waals surface area contributed by atoms with Gasteiger partial charge >= 0.3 is 0 Å². The monoisotopic (exact) mass is 391 g/mol. The summed E-state index contributed by atoms with van der Waals surface area (Å²) in [4.78, 5) is 28.4. The van der Waals surface area contributed by atoms with Gasteiger partial charge in [0, 0.05) is 30.1 Å². The summed E-state index contributed by atoms with van der Waals surface area (Å²) in [5.74, 6) is -0.439. The van der Waals surface area contributed by atoms with Gasteiger partial charge in [0.1, 0.15) is 4.83 Å². The first-order valence-corrected chi connectivity index (χ1v) is 9.31. The van der Waals surface area contributed by atoms with Gasteiger partial charge in [-0.3, -0.25) is 14.7 Å². The Balaban J connectivity index is 1.84. The van der Waals surface area contributed by atoms with Crippen LogP contribution in [-0.4, -0.2) is 39.8 Å². The Morgan fingerprint density at radius 2 is 2.08 bits per heavy atom. The number of aliphatic hydroxyl groups is 1. The van der Waals surface area contributed by atoms with Crippen LogP contribution < -0.4 is 5.43 Å². The molecule has 0 aliphatic rings. The van der Waals surface area contributed by atoms with E-state index in [9.17, 15) is 9.59 Å². The maximum atomic E-state index is 12.7. The molecule has 0 unspecified atom stereocenters. The van der Waals surface area contributed by atoms with Crippen molar-refractivity contribution in [3.8, 4) is 0 Å². The van der Waals surface area contributed by atoms with Crippen LogP contribution in [0.15, 0.2) is 35.1 Å². The van der Waals surface area contributed by atoms with Crippen LogP contribution >= 0.6 is 22.9 Å². The molecule has 0 saturated heterocycles. The number of aliphatic hydroxyl groups excluding tert-OH is 1. The topological polar surface area (TPSA) is 86.3 Å². The molecule has 3 rings (SSSR count). The van der Waals surface area contributed by atoms with E-state index in [1.54, 1.807) is 25.2 Å². The number of hydrogen-bond donors (Lipinski definition) is 2. The van der Waals surface area contributed by atoms with Gasteiger partial charge in [0.05, 0.1) is 5.39 Å². The molecule has 2 aromatic heterocycles. The number of nitrogens with zero attached hydrogens (tertiary/aromatic N) is 2. The molecule has 8 heteroatoms. The van der Waals surface area contributed by atoms with Gasteiger partial charge in [-0.1, -0.05) is 23.7 Å². The highest BCUT2D eigenvalue weighted by molar-refractivity contribution is 7.18. The average molecular weight is 392 g/mol. The minimum absolute atomic E-state index is 0.0969. The Hall–Kier alpha value is -2.22. The van der Waals surface area contributed by atoms with Crippen molar-refractivity contribution >= 4 is 39.1 Å². The number of amides is 1. The average Bonchev–Trinajstić information content (AvgIpc) is 3.05. The molecule has 0 aliphatic carbocycles. The first-order valence-electron chi connectivity index (χ1n) is 8.11. The van der Waals surface area contributed by atoms with Crippen molar-refractivity contribution < 1.29 is 9.90 Å². The van der Waals surface area contributed by atoms with Gasteiger partial charge in [-0.05, 0) is 36.6 Å². The molecule has 0 radical (unpaired) electrons. The fourth-order valence-electron chi connectivity index (χ4n) is 2.62. The van der Waals surface area contributed by atoms with Crippen molar-refractivity contribution in [3.63, 3.8) is 0 Å². The molecular formula is C18H18ClN3O3S. The zero-order valence-electron chi connectivity index (χ0n) is 14.2. The van der Waals surface area contributed by atoms with Crippen LogP contribution in [0.3, 0.4) is 0 Å². The van der Waals surface area contributed by atoms with Gasteiger partial charge in [0.15, 0.2) is 5.69 Å². The lowest BCUT2D eigenvalue weighted by Gasteiger charge is -2.16. The first-order chi connectivity index (χ1) is 12.5. The molecule has 136 valence electrons. The highest BCUT2D eigenvalue weighted by atomic mass is 35.5. The molecule has 2 heterocycles. The third-order valence-corrected chi connectivity index (χ3v) is 5.33. The number of fused-ring (bicyclic) bond motifs is 1. The summed E-state index contributed by atoms with van der Waals surface area (Å²) >= 11 is 7.29. The van der Waals surface area contributed by atoms with Gasteiger partial charge in [0.2, 0.25) is 5.43 Å². The van der Waals surface area contributed by atoms with Gasteiger partial charge < -0.3 is 10.0 Å². The SMILES string of the molecule is CN(Cc1ccc(Cl)cc1)C(=O)c1n[nH]c2sc(CCCO)cc2c1=O. The van der Waals surface area contributed by atoms with Crippen LogP contribution in [0.1, 0.15) is 27.3 Å². The molecular weight excluding hydrogens is 374 g/mol. The smallest absolute Gasteiger partial charge is 0.278 e. The predicted molar refractivity (Wildman–Crippen MR) is 103 cm³/mol. The summed E-state index contributed by atoms with van der Waals surface area (Å²) in [7, 11) is 1.63. The standard InChI is InChI=1S/C18H18ClN3O3S/c1-22(10-11-4-6-12(19)7-5-11)18(25)15-16(24)14-9-13(3-2-8-23)26-17(14)21-20-15/h4-7,9,23H,2-3,8,10H2,1H3,(H,21,24). The van der Waals surface area contributed by atoms with E-state index in [-0.39, 0.29) is 17.7 Å². The first kappa shape index (κ1) is 18.6. The normalized spacial score (nSPS) is 11.0. The number of aromatic nitrogens is 2. The number of nitrogens with one attached hydrogen (secondary N) is 1. The third kappa shape index (κ3) is 3.95. The minimum atomic E-state index is -0.439. The molecule has 0 saturated carbocycles. The Labute approximate surface area is 159 Å². The van der Waals surface area contributed by atoms with Crippen LogP contribution in [0, 0.1) is 0 Å². The fraction of sp³-hybridized carbons (Fsp3) is 0.278. The second kappa shape index (κ2) is 7.99. The van der Waals surface area contributed by atoms with Crippen LogP contribution in [0.4, 0.5) is 0 Å². The van der Waals surface area contributed by atoms with Crippen molar-refractivity contribution in [1.82, 2.24) is 15.1 Å². The van der Waals surface area contributed by atoms with E-state index in [2.05, 4.69) is 10.2 Å². The summed E-state index contributed by atoms with van der Waals surface area (Å²) in [5, 5.41) is 16.8. The molecule has 0 aliphatic heterocycles. The maximum Gasteiger partial charge on any atom is 0.278 e. The molecule has 26 heavy (non-hydrogen) atoms. The Morgan fingerprint density at radius 1 is 1.35 bits per heavy atom. The van der Waals surface area contributed by atoms with Gasteiger partial charge in [-0.25, -0.2) is 0 Å². The fourth-order valence-corrected chi connectivity index (χ4v) is 3.78. The minimum Gasteiger partial charge on any atom is -0.396 e. The van der Waals surface area contributed by atoms with Gasteiger partial charge in [0.25, 0.3) is 5.91 Å². The summed E-state index contributed by atoms with van der Waals surface area (Å²) in [6.45, 7) is 0.445. The maximum absolute atomic E-state index is 12.7. The molecule has 0 spiro atoms. The number of halogens is 1. The van der Waals surface area contributed by atoms with E-state index in [1.165, 1.54) is 16.2 Å². The third-order valence-electron chi connectivity index (χ3n) is 3.98. The zero-order chi connectivity index (χ0) is 18.7. The number of carbonyl (C=O) groups excluding carboxylic acids is 1. The second-order valence-corrected chi connectivity index (χ2v) is 7.54. The van der Waals surface area contributed by atoms with Crippen molar-refractivity contribution in [3.05, 3.63) is 61.7 Å². The number of aryl methyl sites for hydroxylation is 1. The van der Waals surface area contributed by atoms with Crippen molar-refractivity contribution in [1.29, 1.82) is 0 Å². The van der Waals surface area contributed by atoms with E-state index in [0.717, 1.165) is 10.4 Å². The second-order valence-electron chi connectivity index (χ2n) is 5.97. The number of thiophene rings is 1. The molecule has 0 fully saturated rings. The number of aromatic amines is 1. The van der Waals surface area contributed by atoms with Crippen molar-refractivity contribution in [2.75, 3.05) is 13.7 Å². The number of benzene rings is 1. The van der Waals surface area contributed by atoms with Gasteiger partial charge in [-0.2, -0.15) is 5.10 Å². The van der Waals surface area contributed by atoms with E-state index in [1.807, 2.05) is 12.1 Å². The van der Waals surface area contributed by atoms with E-state index < -0.39 is 5.91 Å². The van der Waals surface area contributed by atoms with Crippen LogP contribution in [0.5, 0.6) is 0 Å². The zero-order valence-corrected chi connectivity index (χ0v) is 15.7. The van der Waals surface area contributed by atoms with Crippen molar-refractivity contribution in [2.45, 2.75) is 19.4 Å². The highest BCUT2D eigenvalue weighted by Crippen LogP contribution is 2.22. The summed E-state index contributed by atoms with van der Waals surface area (Å²) in [6.07, 6.45) is 1.31. The number of carbonyl (C=O) groups is 1. The largest absolute Gasteiger partial charge is 0.396 e. The molecule has 0 bridgehead atoms. The van der Waals surface area contributed by atoms with Crippen LogP contribution in [-0.2, 0) is 13.0 Å². The number of H-pyrrole nitrogens is 1. The number of rotatable bonds is 6. The lowest BCUT2D eigenvalue weighted by Crippen LogP contribution is -2.32. The summed E-state index contributed by atoms with van der Waals surface area (Å²) in [5.41, 5.74) is 0.406. The highest BCUT2D eigenvalue weighted by Gasteiger charge is 2.20. The number of hydrogen-bond acceptors (Lipinski definition) is 5. The molecule has 6 nitrogen and oxygen atoms in total. The van der Waals surface area contributed by atoms with Gasteiger partial charge in [-0.15, -0.1) is 11.3 Å². The molecule has 0 atom stereocenters. The van der Waals surface area contributed by atoms with E-state index in [4.69, 9.17) is 16.7 Å². The molecule has 3 aromatic rings. The quantitative estimate of drug-likeness (QED) is 0.676. The van der Waals surface area contributed by atoms with E-state index in [0.29, 0.717) is 34.6 Å².